The summed E-state index contributed by atoms with van der Waals surface area (Å²) in [5.41, 5.74) is 0.0475. The molecule has 1 aliphatic heterocycles. The highest BCUT2D eigenvalue weighted by molar-refractivity contribution is 5.85. The van der Waals surface area contributed by atoms with Gasteiger partial charge in [-0.1, -0.05) is 26.7 Å². The largest absolute Gasteiger partial charge is 0.479 e. The summed E-state index contributed by atoms with van der Waals surface area (Å²) in [6.45, 7) is 6.42. The standard InChI is InChI=1S/C15H23NO3/c1-3-5-9-16(10-6-4-2)12-7-8-15(14(17)18)13(11-12)19-15/h7-8,11,13H,3-6,9-10H2,1-2H3,(H,17,18). The van der Waals surface area contributed by atoms with E-state index in [1.165, 1.54) is 12.8 Å². The number of carboxylic acids is 1. The minimum Gasteiger partial charge on any atom is -0.479 e. The molecule has 0 aromatic rings. The van der Waals surface area contributed by atoms with Crippen LogP contribution in [0.15, 0.2) is 23.9 Å². The van der Waals surface area contributed by atoms with E-state index in [2.05, 4.69) is 18.7 Å². The minimum atomic E-state index is -1.06. The van der Waals surface area contributed by atoms with Crippen LogP contribution in [0.5, 0.6) is 0 Å². The van der Waals surface area contributed by atoms with Crippen LogP contribution in [0.4, 0.5) is 0 Å². The fourth-order valence-corrected chi connectivity index (χ4v) is 2.41. The number of rotatable bonds is 8. The van der Waals surface area contributed by atoms with E-state index in [1.807, 2.05) is 12.2 Å². The lowest BCUT2D eigenvalue weighted by Crippen LogP contribution is -2.30. The summed E-state index contributed by atoms with van der Waals surface area (Å²) in [6, 6.07) is 0. The van der Waals surface area contributed by atoms with E-state index < -0.39 is 11.6 Å². The second-order valence-corrected chi connectivity index (χ2v) is 5.26. The van der Waals surface area contributed by atoms with Gasteiger partial charge in [-0.2, -0.15) is 0 Å². The van der Waals surface area contributed by atoms with Crippen molar-refractivity contribution in [1.82, 2.24) is 4.90 Å². The molecule has 1 heterocycles. The van der Waals surface area contributed by atoms with E-state index in [4.69, 9.17) is 9.84 Å². The molecule has 1 saturated heterocycles. The molecule has 2 unspecified atom stereocenters. The van der Waals surface area contributed by atoms with E-state index in [1.54, 1.807) is 6.08 Å². The maximum absolute atomic E-state index is 11.1. The summed E-state index contributed by atoms with van der Waals surface area (Å²) >= 11 is 0. The Balaban J connectivity index is 2.01. The molecule has 0 amide bonds. The van der Waals surface area contributed by atoms with Gasteiger partial charge in [-0.3, -0.25) is 0 Å². The highest BCUT2D eigenvalue weighted by Crippen LogP contribution is 2.43. The number of hydrogen-bond acceptors (Lipinski definition) is 3. The number of nitrogens with zero attached hydrogens (tertiary/aromatic N) is 1. The van der Waals surface area contributed by atoms with Crippen LogP contribution in [0.25, 0.3) is 0 Å². The van der Waals surface area contributed by atoms with Crippen molar-refractivity contribution >= 4 is 5.97 Å². The number of epoxide rings is 1. The summed E-state index contributed by atoms with van der Waals surface area (Å²) in [4.78, 5) is 13.5. The fraction of sp³-hybridized carbons (Fsp3) is 0.667. The molecular formula is C15H23NO3. The number of unbranched alkanes of at least 4 members (excludes halogenated alkanes) is 2. The third-order valence-corrected chi connectivity index (χ3v) is 3.77. The fourth-order valence-electron chi connectivity index (χ4n) is 2.41. The van der Waals surface area contributed by atoms with Crippen molar-refractivity contribution in [2.24, 2.45) is 0 Å². The smallest absolute Gasteiger partial charge is 0.343 e. The van der Waals surface area contributed by atoms with E-state index in [-0.39, 0.29) is 6.10 Å². The maximum atomic E-state index is 11.1. The first kappa shape index (κ1) is 14.1. The molecule has 0 radical (unpaired) electrons. The molecule has 2 atom stereocenters. The van der Waals surface area contributed by atoms with Crippen molar-refractivity contribution in [3.8, 4) is 0 Å². The molecule has 2 rings (SSSR count). The molecule has 4 nitrogen and oxygen atoms in total. The van der Waals surface area contributed by atoms with Crippen LogP contribution in [-0.2, 0) is 9.53 Å². The topological polar surface area (TPSA) is 53.1 Å². The molecule has 0 bridgehead atoms. The molecule has 1 N–H and O–H groups in total. The van der Waals surface area contributed by atoms with Crippen LogP contribution >= 0.6 is 0 Å². The number of hydrogen-bond donors (Lipinski definition) is 1. The zero-order valence-electron chi connectivity index (χ0n) is 11.8. The van der Waals surface area contributed by atoms with Crippen LogP contribution < -0.4 is 0 Å². The Morgan fingerprint density at radius 2 is 2.00 bits per heavy atom. The lowest BCUT2D eigenvalue weighted by Gasteiger charge is -2.27. The number of carboxylic acid groups (broad SMARTS) is 1. The van der Waals surface area contributed by atoms with Gasteiger partial charge < -0.3 is 14.7 Å². The van der Waals surface area contributed by atoms with Crippen molar-refractivity contribution < 1.29 is 14.6 Å². The van der Waals surface area contributed by atoms with Gasteiger partial charge in [0.05, 0.1) is 0 Å². The van der Waals surface area contributed by atoms with Crippen LogP contribution in [0.1, 0.15) is 39.5 Å². The summed E-state index contributed by atoms with van der Waals surface area (Å²) in [5.74, 6) is -0.891. The quantitative estimate of drug-likeness (QED) is 0.685. The van der Waals surface area contributed by atoms with Gasteiger partial charge in [-0.25, -0.2) is 4.79 Å². The van der Waals surface area contributed by atoms with Crippen molar-refractivity contribution in [3.05, 3.63) is 23.9 Å². The maximum Gasteiger partial charge on any atom is 0.343 e. The van der Waals surface area contributed by atoms with Crippen LogP contribution in [-0.4, -0.2) is 40.8 Å². The molecule has 19 heavy (non-hydrogen) atoms. The highest BCUT2D eigenvalue weighted by atomic mass is 16.6. The zero-order valence-corrected chi connectivity index (χ0v) is 11.8. The average molecular weight is 265 g/mol. The first-order chi connectivity index (χ1) is 9.14. The second-order valence-electron chi connectivity index (χ2n) is 5.26. The number of carbonyl (C=O) groups is 1. The summed E-state index contributed by atoms with van der Waals surface area (Å²) in [6.07, 6.45) is 9.92. The van der Waals surface area contributed by atoms with Crippen molar-refractivity contribution in [2.75, 3.05) is 13.1 Å². The molecule has 1 aliphatic carbocycles. The van der Waals surface area contributed by atoms with Crippen LogP contribution in [0.2, 0.25) is 0 Å². The predicted molar refractivity (Wildman–Crippen MR) is 73.9 cm³/mol. The molecular weight excluding hydrogens is 242 g/mol. The SMILES string of the molecule is CCCCN(CCCC)C1=CC2OC2(C(=O)O)C=C1. The van der Waals surface area contributed by atoms with Gasteiger partial charge >= 0.3 is 5.97 Å². The monoisotopic (exact) mass is 265 g/mol. The van der Waals surface area contributed by atoms with Gasteiger partial charge in [-0.05, 0) is 31.1 Å². The van der Waals surface area contributed by atoms with Crippen molar-refractivity contribution in [1.29, 1.82) is 0 Å². The minimum absolute atomic E-state index is 0.282. The molecule has 0 saturated carbocycles. The predicted octanol–water partition coefficient (Wildman–Crippen LogP) is 2.56. The van der Waals surface area contributed by atoms with Gasteiger partial charge in [0.2, 0.25) is 5.60 Å². The summed E-state index contributed by atoms with van der Waals surface area (Å²) in [7, 11) is 0. The first-order valence-electron chi connectivity index (χ1n) is 7.21. The Kier molecular flexibility index (Phi) is 4.30. The van der Waals surface area contributed by atoms with E-state index in [9.17, 15) is 4.79 Å². The lowest BCUT2D eigenvalue weighted by atomic mass is 9.98. The molecule has 1 fully saturated rings. The van der Waals surface area contributed by atoms with E-state index in [0.717, 1.165) is 31.6 Å². The van der Waals surface area contributed by atoms with Crippen LogP contribution in [0, 0.1) is 0 Å². The highest BCUT2D eigenvalue weighted by Gasteiger charge is 2.61. The Bertz CT molecular complexity index is 394. The molecule has 0 aromatic carbocycles. The number of allylic oxidation sites excluding steroid dienone is 1. The van der Waals surface area contributed by atoms with Crippen LogP contribution in [0.3, 0.4) is 0 Å². The number of fused-ring (bicyclic) bond motifs is 1. The molecule has 106 valence electrons. The van der Waals surface area contributed by atoms with Gasteiger partial charge in [0.15, 0.2) is 0 Å². The van der Waals surface area contributed by atoms with Gasteiger partial charge in [0.25, 0.3) is 0 Å². The number of aliphatic carboxylic acids is 1. The average Bonchev–Trinajstić information content (AvgIpc) is 3.14. The molecule has 0 aromatic heterocycles. The van der Waals surface area contributed by atoms with Crippen molar-refractivity contribution in [2.45, 2.75) is 51.2 Å². The lowest BCUT2D eigenvalue weighted by molar-refractivity contribution is -0.141. The van der Waals surface area contributed by atoms with E-state index >= 15 is 0 Å². The number of ether oxygens (including phenoxy) is 1. The van der Waals surface area contributed by atoms with E-state index in [0.29, 0.717) is 0 Å². The Morgan fingerprint density at radius 1 is 1.37 bits per heavy atom. The Morgan fingerprint density at radius 3 is 2.47 bits per heavy atom. The van der Waals surface area contributed by atoms with Gasteiger partial charge in [-0.15, -0.1) is 0 Å². The summed E-state index contributed by atoms with van der Waals surface area (Å²) in [5, 5.41) is 9.13. The van der Waals surface area contributed by atoms with Gasteiger partial charge in [0, 0.05) is 18.8 Å². The summed E-state index contributed by atoms with van der Waals surface area (Å²) < 4.78 is 5.33. The Labute approximate surface area is 114 Å². The first-order valence-corrected chi connectivity index (χ1v) is 7.21. The van der Waals surface area contributed by atoms with Gasteiger partial charge in [0.1, 0.15) is 6.10 Å². The molecule has 4 heteroatoms. The Hall–Kier alpha value is -1.29. The molecule has 2 aliphatic rings. The van der Waals surface area contributed by atoms with Crippen molar-refractivity contribution in [3.63, 3.8) is 0 Å². The zero-order chi connectivity index (χ0) is 13.9. The second kappa shape index (κ2) is 5.78. The molecule has 0 spiro atoms. The normalized spacial score (nSPS) is 27.7. The third kappa shape index (κ3) is 2.84. The third-order valence-electron chi connectivity index (χ3n) is 3.77.